The van der Waals surface area contributed by atoms with Gasteiger partial charge in [-0.15, -0.1) is 0 Å². The highest BCUT2D eigenvalue weighted by atomic mass is 19.4. The van der Waals surface area contributed by atoms with Gasteiger partial charge in [-0.1, -0.05) is 13.8 Å². The van der Waals surface area contributed by atoms with Crippen LogP contribution in [0.5, 0.6) is 0 Å². The van der Waals surface area contributed by atoms with Crippen LogP contribution in [0.3, 0.4) is 0 Å². The minimum atomic E-state index is -5.84. The summed E-state index contributed by atoms with van der Waals surface area (Å²) in [5, 5.41) is 1.48. The van der Waals surface area contributed by atoms with Crippen LogP contribution in [0.1, 0.15) is 27.7 Å². The zero-order valence-corrected chi connectivity index (χ0v) is 8.88. The zero-order valence-electron chi connectivity index (χ0n) is 8.88. The van der Waals surface area contributed by atoms with Crippen LogP contribution in [0, 0.1) is 0 Å². The maximum Gasteiger partial charge on any atom is 0.463 e. The van der Waals surface area contributed by atoms with Gasteiger partial charge in [-0.25, -0.2) is 0 Å². The Balaban J connectivity index is 0. The Morgan fingerprint density at radius 3 is 1.60 bits per heavy atom. The van der Waals surface area contributed by atoms with Gasteiger partial charge in [0.05, 0.1) is 0 Å². The van der Waals surface area contributed by atoms with Gasteiger partial charge in [0.2, 0.25) is 0 Å². The summed E-state index contributed by atoms with van der Waals surface area (Å²) in [4.78, 5) is 10.3. The summed E-state index contributed by atoms with van der Waals surface area (Å²) in [6.45, 7) is 6.56. The fourth-order valence-corrected chi connectivity index (χ4v) is 0.482. The molecule has 0 aliphatic rings. The van der Waals surface area contributed by atoms with Gasteiger partial charge in [-0.2, -0.15) is 22.0 Å². The number of carbonyl (C=O) groups is 1. The van der Waals surface area contributed by atoms with Crippen LogP contribution >= 0.6 is 0 Å². The molecule has 0 heterocycles. The van der Waals surface area contributed by atoms with Crippen molar-refractivity contribution in [1.29, 1.82) is 0 Å². The van der Waals surface area contributed by atoms with Crippen LogP contribution in [0.15, 0.2) is 0 Å². The van der Waals surface area contributed by atoms with E-state index in [1.54, 1.807) is 0 Å². The van der Waals surface area contributed by atoms with Gasteiger partial charge in [0.25, 0.3) is 0 Å². The molecular formula is C8H14F5NO. The Morgan fingerprint density at radius 1 is 1.07 bits per heavy atom. The number of alkyl halides is 5. The molecule has 0 spiro atoms. The van der Waals surface area contributed by atoms with Gasteiger partial charge < -0.3 is 5.32 Å². The third-order valence-corrected chi connectivity index (χ3v) is 1.06. The third-order valence-electron chi connectivity index (χ3n) is 1.06. The molecule has 0 aliphatic carbocycles. The first-order valence-corrected chi connectivity index (χ1v) is 4.34. The number of amides is 1. The first-order chi connectivity index (χ1) is 6.59. The molecule has 1 N–H and O–H groups in total. The molecule has 7 heteroatoms. The smallest absolute Gasteiger partial charge is 0.348 e. The summed E-state index contributed by atoms with van der Waals surface area (Å²) in [5.41, 5.74) is 0. The lowest BCUT2D eigenvalue weighted by molar-refractivity contribution is -0.270. The molecule has 0 unspecified atom stereocenters. The predicted octanol–water partition coefficient (Wildman–Crippen LogP) is 2.73. The van der Waals surface area contributed by atoms with E-state index in [0.29, 0.717) is 0 Å². The molecule has 1 amide bonds. The molecule has 0 aromatic carbocycles. The molecule has 92 valence electrons. The zero-order chi connectivity index (χ0) is 12.9. The SMILES string of the molecule is CC.CC(C)NC(=O)C(F)(F)C(F)(F)F. The van der Waals surface area contributed by atoms with Crippen molar-refractivity contribution < 1.29 is 26.7 Å². The lowest BCUT2D eigenvalue weighted by atomic mass is 10.3. The van der Waals surface area contributed by atoms with Gasteiger partial charge in [0, 0.05) is 6.04 Å². The maximum absolute atomic E-state index is 12.1. The second-order valence-corrected chi connectivity index (χ2v) is 2.70. The molecule has 0 bridgehead atoms. The van der Waals surface area contributed by atoms with E-state index < -0.39 is 24.0 Å². The van der Waals surface area contributed by atoms with Crippen LogP contribution in [-0.4, -0.2) is 24.0 Å². The first kappa shape index (κ1) is 16.5. The van der Waals surface area contributed by atoms with Crippen molar-refractivity contribution in [3.8, 4) is 0 Å². The van der Waals surface area contributed by atoms with Crippen molar-refractivity contribution in [2.75, 3.05) is 0 Å². The fraction of sp³-hybridized carbons (Fsp3) is 0.875. The quantitative estimate of drug-likeness (QED) is 0.732. The highest BCUT2D eigenvalue weighted by molar-refractivity contribution is 5.84. The lowest BCUT2D eigenvalue weighted by Gasteiger charge is -2.19. The Labute approximate surface area is 84.8 Å². The lowest BCUT2D eigenvalue weighted by Crippen LogP contribution is -2.52. The highest BCUT2D eigenvalue weighted by Gasteiger charge is 2.63. The van der Waals surface area contributed by atoms with Crippen LogP contribution in [0.2, 0.25) is 0 Å². The Morgan fingerprint density at radius 2 is 1.40 bits per heavy atom. The van der Waals surface area contributed by atoms with Gasteiger partial charge in [-0.05, 0) is 13.8 Å². The summed E-state index contributed by atoms with van der Waals surface area (Å²) >= 11 is 0. The van der Waals surface area contributed by atoms with E-state index >= 15 is 0 Å². The topological polar surface area (TPSA) is 29.1 Å². The molecular weight excluding hydrogens is 221 g/mol. The summed E-state index contributed by atoms with van der Waals surface area (Å²) in [7, 11) is 0. The van der Waals surface area contributed by atoms with Gasteiger partial charge in [-0.3, -0.25) is 4.79 Å². The predicted molar refractivity (Wildman–Crippen MR) is 45.6 cm³/mol. The fourth-order valence-electron chi connectivity index (χ4n) is 0.482. The van der Waals surface area contributed by atoms with Crippen LogP contribution in [0.25, 0.3) is 0 Å². The summed E-state index contributed by atoms with van der Waals surface area (Å²) in [6, 6.07) is -0.763. The summed E-state index contributed by atoms with van der Waals surface area (Å²) < 4.78 is 58.9. The number of nitrogens with one attached hydrogen (secondary N) is 1. The Hall–Kier alpha value is -0.880. The van der Waals surface area contributed by atoms with Crippen molar-refractivity contribution >= 4 is 5.91 Å². The van der Waals surface area contributed by atoms with Gasteiger partial charge >= 0.3 is 18.0 Å². The standard InChI is InChI=1S/C6H8F5NO.C2H6/c1-3(2)12-4(13)5(7,8)6(9,10)11;1-2/h3H,1-2H3,(H,12,13);1-2H3. The van der Waals surface area contributed by atoms with Crippen LogP contribution in [0.4, 0.5) is 22.0 Å². The Bertz CT molecular complexity index is 200. The number of carbonyl (C=O) groups excluding carboxylic acids is 1. The number of rotatable bonds is 2. The van der Waals surface area contributed by atoms with Gasteiger partial charge in [0.15, 0.2) is 0 Å². The largest absolute Gasteiger partial charge is 0.463 e. The number of hydrogen-bond donors (Lipinski definition) is 1. The second kappa shape index (κ2) is 5.87. The molecule has 0 rings (SSSR count). The van der Waals surface area contributed by atoms with Crippen molar-refractivity contribution in [3.05, 3.63) is 0 Å². The van der Waals surface area contributed by atoms with E-state index in [4.69, 9.17) is 0 Å². The summed E-state index contributed by atoms with van der Waals surface area (Å²) in [5.74, 6) is -7.65. The highest BCUT2D eigenvalue weighted by Crippen LogP contribution is 2.35. The van der Waals surface area contributed by atoms with Crippen LogP contribution < -0.4 is 5.32 Å². The van der Waals surface area contributed by atoms with E-state index in [9.17, 15) is 26.7 Å². The molecule has 0 radical (unpaired) electrons. The average molecular weight is 235 g/mol. The van der Waals surface area contributed by atoms with E-state index in [1.807, 2.05) is 13.8 Å². The number of hydrogen-bond acceptors (Lipinski definition) is 1. The van der Waals surface area contributed by atoms with Crippen molar-refractivity contribution in [1.82, 2.24) is 5.32 Å². The molecule has 0 atom stereocenters. The van der Waals surface area contributed by atoms with Crippen molar-refractivity contribution in [3.63, 3.8) is 0 Å². The normalized spacial score (nSPS) is 11.9. The second-order valence-electron chi connectivity index (χ2n) is 2.70. The molecule has 15 heavy (non-hydrogen) atoms. The van der Waals surface area contributed by atoms with Crippen molar-refractivity contribution in [2.24, 2.45) is 0 Å². The minimum Gasteiger partial charge on any atom is -0.348 e. The molecule has 0 saturated carbocycles. The molecule has 0 saturated heterocycles. The van der Waals surface area contributed by atoms with Crippen LogP contribution in [-0.2, 0) is 4.79 Å². The van der Waals surface area contributed by atoms with E-state index in [-0.39, 0.29) is 0 Å². The van der Waals surface area contributed by atoms with Gasteiger partial charge in [0.1, 0.15) is 0 Å². The average Bonchev–Trinajstić information content (AvgIpc) is 2.04. The molecule has 2 nitrogen and oxygen atoms in total. The molecule has 0 fully saturated rings. The van der Waals surface area contributed by atoms with Crippen molar-refractivity contribution in [2.45, 2.75) is 45.8 Å². The monoisotopic (exact) mass is 235 g/mol. The maximum atomic E-state index is 12.1. The molecule has 0 aliphatic heterocycles. The third kappa shape index (κ3) is 4.94. The summed E-state index contributed by atoms with van der Waals surface area (Å²) in [6.07, 6.45) is -5.84. The van der Waals surface area contributed by atoms with E-state index in [2.05, 4.69) is 0 Å². The molecule has 0 aromatic heterocycles. The number of halogens is 5. The Kier molecular flexibility index (Phi) is 6.47. The van der Waals surface area contributed by atoms with E-state index in [1.165, 1.54) is 19.2 Å². The minimum absolute atomic E-state index is 0.763. The van der Waals surface area contributed by atoms with E-state index in [0.717, 1.165) is 0 Å². The first-order valence-electron chi connectivity index (χ1n) is 4.34. The molecule has 0 aromatic rings.